The summed E-state index contributed by atoms with van der Waals surface area (Å²) < 4.78 is 5.65. The predicted molar refractivity (Wildman–Crippen MR) is 49.5 cm³/mol. The Bertz CT molecular complexity index is 294. The molecule has 1 nitrogen and oxygen atoms in total. The minimum Gasteiger partial charge on any atom is -0.485 e. The second-order valence-electron chi connectivity index (χ2n) is 3.06. The highest BCUT2D eigenvalue weighted by molar-refractivity contribution is 5.38. The molecule has 0 bridgehead atoms. The standard InChI is InChI=1S/C11H12O/c1-3-10-8(2)9-6-4-5-7-11(9)12-10/h3-7,9,11H,2H2,1H3/b10-3+. The summed E-state index contributed by atoms with van der Waals surface area (Å²) in [6, 6.07) is 0. The number of hydrogen-bond acceptors (Lipinski definition) is 1. The summed E-state index contributed by atoms with van der Waals surface area (Å²) in [6.45, 7) is 5.99. The number of hydrogen-bond donors (Lipinski definition) is 0. The Morgan fingerprint density at radius 1 is 1.42 bits per heavy atom. The Hall–Kier alpha value is -1.24. The third kappa shape index (κ3) is 0.934. The third-order valence-electron chi connectivity index (χ3n) is 2.33. The van der Waals surface area contributed by atoms with Gasteiger partial charge in [-0.25, -0.2) is 0 Å². The maximum atomic E-state index is 5.65. The highest BCUT2D eigenvalue weighted by atomic mass is 16.5. The highest BCUT2D eigenvalue weighted by Crippen LogP contribution is 2.36. The minimum atomic E-state index is 0.189. The molecule has 0 spiro atoms. The molecule has 0 saturated carbocycles. The smallest absolute Gasteiger partial charge is 0.128 e. The molecular formula is C11H12O. The van der Waals surface area contributed by atoms with E-state index in [0.717, 1.165) is 11.3 Å². The topological polar surface area (TPSA) is 9.23 Å². The van der Waals surface area contributed by atoms with Gasteiger partial charge in [0.25, 0.3) is 0 Å². The highest BCUT2D eigenvalue weighted by Gasteiger charge is 2.32. The Kier molecular flexibility index (Phi) is 1.65. The molecule has 1 aliphatic carbocycles. The zero-order valence-corrected chi connectivity index (χ0v) is 7.16. The second kappa shape index (κ2) is 2.67. The lowest BCUT2D eigenvalue weighted by molar-refractivity contribution is 0.184. The van der Waals surface area contributed by atoms with E-state index in [1.807, 2.05) is 25.2 Å². The maximum absolute atomic E-state index is 5.65. The van der Waals surface area contributed by atoms with Gasteiger partial charge in [0.1, 0.15) is 11.9 Å². The van der Waals surface area contributed by atoms with Crippen molar-refractivity contribution in [1.82, 2.24) is 0 Å². The fourth-order valence-electron chi connectivity index (χ4n) is 1.65. The molecule has 2 rings (SSSR count). The zero-order valence-electron chi connectivity index (χ0n) is 7.16. The van der Waals surface area contributed by atoms with Crippen molar-refractivity contribution in [3.05, 3.63) is 48.3 Å². The van der Waals surface area contributed by atoms with Crippen LogP contribution in [0.1, 0.15) is 6.92 Å². The molecule has 1 heteroatoms. The average molecular weight is 160 g/mol. The average Bonchev–Trinajstić information content (AvgIpc) is 2.44. The molecule has 0 amide bonds. The summed E-state index contributed by atoms with van der Waals surface area (Å²) in [7, 11) is 0. The molecule has 1 aliphatic heterocycles. The predicted octanol–water partition coefficient (Wildman–Crippen LogP) is 2.59. The first-order valence-corrected chi connectivity index (χ1v) is 4.20. The minimum absolute atomic E-state index is 0.189. The third-order valence-corrected chi connectivity index (χ3v) is 2.33. The van der Waals surface area contributed by atoms with Crippen LogP contribution in [-0.2, 0) is 4.74 Å². The molecule has 0 aromatic rings. The molecule has 2 atom stereocenters. The molecule has 0 aromatic heterocycles. The normalized spacial score (nSPS) is 35.4. The van der Waals surface area contributed by atoms with E-state index in [-0.39, 0.29) is 6.10 Å². The van der Waals surface area contributed by atoms with Gasteiger partial charge >= 0.3 is 0 Å². The molecule has 2 aliphatic rings. The van der Waals surface area contributed by atoms with Gasteiger partial charge in [0, 0.05) is 5.92 Å². The zero-order chi connectivity index (χ0) is 8.55. The first-order chi connectivity index (χ1) is 5.83. The van der Waals surface area contributed by atoms with Crippen molar-refractivity contribution in [2.45, 2.75) is 13.0 Å². The van der Waals surface area contributed by atoms with Gasteiger partial charge < -0.3 is 4.74 Å². The first-order valence-electron chi connectivity index (χ1n) is 4.20. The van der Waals surface area contributed by atoms with Crippen LogP contribution in [0.4, 0.5) is 0 Å². The van der Waals surface area contributed by atoms with Crippen LogP contribution in [0.2, 0.25) is 0 Å². The first kappa shape index (κ1) is 7.41. The van der Waals surface area contributed by atoms with E-state index < -0.39 is 0 Å². The molecule has 1 saturated heterocycles. The van der Waals surface area contributed by atoms with Crippen LogP contribution in [0.25, 0.3) is 0 Å². The number of rotatable bonds is 0. The van der Waals surface area contributed by atoms with Crippen molar-refractivity contribution in [2.75, 3.05) is 0 Å². The number of ether oxygens (including phenoxy) is 1. The molecular weight excluding hydrogens is 148 g/mol. The summed E-state index contributed by atoms with van der Waals surface area (Å²) in [5, 5.41) is 0. The van der Waals surface area contributed by atoms with Gasteiger partial charge in [-0.15, -0.1) is 0 Å². The summed E-state index contributed by atoms with van der Waals surface area (Å²) in [6.07, 6.45) is 10.5. The SMILES string of the molecule is C=C1/C(=C\C)OC2C=CC=CC12. The summed E-state index contributed by atoms with van der Waals surface area (Å²) >= 11 is 0. The molecule has 0 radical (unpaired) electrons. The summed E-state index contributed by atoms with van der Waals surface area (Å²) in [5.41, 5.74) is 1.10. The van der Waals surface area contributed by atoms with Gasteiger partial charge in [0.05, 0.1) is 0 Å². The fourth-order valence-corrected chi connectivity index (χ4v) is 1.65. The van der Waals surface area contributed by atoms with Crippen LogP contribution in [0, 0.1) is 5.92 Å². The maximum Gasteiger partial charge on any atom is 0.128 e. The lowest BCUT2D eigenvalue weighted by atomic mass is 9.93. The van der Waals surface area contributed by atoms with Crippen LogP contribution < -0.4 is 0 Å². The molecule has 1 heterocycles. The fraction of sp³-hybridized carbons (Fsp3) is 0.273. The van der Waals surface area contributed by atoms with Crippen molar-refractivity contribution < 1.29 is 4.74 Å². The number of allylic oxidation sites excluding steroid dienone is 4. The summed E-state index contributed by atoms with van der Waals surface area (Å²) in [4.78, 5) is 0. The molecule has 0 aromatic carbocycles. The molecule has 62 valence electrons. The molecule has 12 heavy (non-hydrogen) atoms. The van der Waals surface area contributed by atoms with Crippen LogP contribution >= 0.6 is 0 Å². The Morgan fingerprint density at radius 3 is 2.83 bits per heavy atom. The van der Waals surface area contributed by atoms with E-state index in [1.54, 1.807) is 0 Å². The quantitative estimate of drug-likeness (QED) is 0.529. The molecule has 0 N–H and O–H groups in total. The van der Waals surface area contributed by atoms with Crippen molar-refractivity contribution >= 4 is 0 Å². The van der Waals surface area contributed by atoms with E-state index in [9.17, 15) is 0 Å². The van der Waals surface area contributed by atoms with Gasteiger partial charge in [0.15, 0.2) is 0 Å². The molecule has 1 fully saturated rings. The Labute approximate surface area is 72.7 Å². The van der Waals surface area contributed by atoms with E-state index >= 15 is 0 Å². The van der Waals surface area contributed by atoms with Gasteiger partial charge in [-0.05, 0) is 24.6 Å². The van der Waals surface area contributed by atoms with E-state index in [1.165, 1.54) is 0 Å². The van der Waals surface area contributed by atoms with Crippen molar-refractivity contribution in [2.24, 2.45) is 5.92 Å². The number of fused-ring (bicyclic) bond motifs is 1. The van der Waals surface area contributed by atoms with Crippen LogP contribution in [-0.4, -0.2) is 6.10 Å². The molecule has 2 unspecified atom stereocenters. The van der Waals surface area contributed by atoms with Crippen molar-refractivity contribution in [1.29, 1.82) is 0 Å². The largest absolute Gasteiger partial charge is 0.485 e. The van der Waals surface area contributed by atoms with Gasteiger partial charge in [0.2, 0.25) is 0 Å². The van der Waals surface area contributed by atoms with Gasteiger partial charge in [-0.3, -0.25) is 0 Å². The van der Waals surface area contributed by atoms with E-state index in [4.69, 9.17) is 4.74 Å². The monoisotopic (exact) mass is 160 g/mol. The van der Waals surface area contributed by atoms with Crippen LogP contribution in [0.15, 0.2) is 48.3 Å². The Balaban J connectivity index is 2.33. The van der Waals surface area contributed by atoms with Crippen molar-refractivity contribution in [3.8, 4) is 0 Å². The lowest BCUT2D eigenvalue weighted by Gasteiger charge is -2.12. The summed E-state index contributed by atoms with van der Waals surface area (Å²) in [5.74, 6) is 1.31. The van der Waals surface area contributed by atoms with E-state index in [0.29, 0.717) is 5.92 Å². The second-order valence-corrected chi connectivity index (χ2v) is 3.06. The van der Waals surface area contributed by atoms with E-state index in [2.05, 4.69) is 18.7 Å². The lowest BCUT2D eigenvalue weighted by Crippen LogP contribution is -2.12. The van der Waals surface area contributed by atoms with Gasteiger partial charge in [-0.2, -0.15) is 0 Å². The van der Waals surface area contributed by atoms with Gasteiger partial charge in [-0.1, -0.05) is 24.8 Å². The Morgan fingerprint density at radius 2 is 2.17 bits per heavy atom. The van der Waals surface area contributed by atoms with Crippen molar-refractivity contribution in [3.63, 3.8) is 0 Å². The van der Waals surface area contributed by atoms with Crippen LogP contribution in [0.3, 0.4) is 0 Å². The van der Waals surface area contributed by atoms with Crippen LogP contribution in [0.5, 0.6) is 0 Å².